The zero-order valence-electron chi connectivity index (χ0n) is 18.5. The summed E-state index contributed by atoms with van der Waals surface area (Å²) in [5, 5.41) is 0.0716. The van der Waals surface area contributed by atoms with Crippen LogP contribution in [0.1, 0.15) is 24.0 Å². The van der Waals surface area contributed by atoms with Crippen molar-refractivity contribution in [2.45, 2.75) is 31.7 Å². The summed E-state index contributed by atoms with van der Waals surface area (Å²) in [5.74, 6) is 0.0536. The highest BCUT2D eigenvalue weighted by Gasteiger charge is 2.35. The minimum atomic E-state index is -3.59. The summed E-state index contributed by atoms with van der Waals surface area (Å²) < 4.78 is 28.6. The van der Waals surface area contributed by atoms with Gasteiger partial charge in [0.2, 0.25) is 5.91 Å². The second kappa shape index (κ2) is 8.63. The molecule has 1 aromatic heterocycles. The van der Waals surface area contributed by atoms with Crippen LogP contribution in [0.3, 0.4) is 0 Å². The first-order valence-corrected chi connectivity index (χ1v) is 12.3. The maximum atomic E-state index is 13.1. The molecule has 2 aromatic rings. The molecule has 0 aliphatic carbocycles. The van der Waals surface area contributed by atoms with Gasteiger partial charge in [-0.1, -0.05) is 12.1 Å². The molecule has 0 unspecified atom stereocenters. The lowest BCUT2D eigenvalue weighted by atomic mass is 9.96. The summed E-state index contributed by atoms with van der Waals surface area (Å²) in [4.78, 5) is 21.4. The monoisotopic (exact) mass is 445 g/mol. The molecule has 0 spiro atoms. The van der Waals surface area contributed by atoms with Crippen molar-refractivity contribution in [3.05, 3.63) is 41.9 Å². The molecule has 0 saturated carbocycles. The van der Waals surface area contributed by atoms with Crippen LogP contribution < -0.4 is 4.90 Å². The summed E-state index contributed by atoms with van der Waals surface area (Å²) >= 11 is 0. The quantitative estimate of drug-likeness (QED) is 0.717. The van der Waals surface area contributed by atoms with Crippen LogP contribution in [-0.4, -0.2) is 72.3 Å². The van der Waals surface area contributed by atoms with Gasteiger partial charge in [0.05, 0.1) is 6.33 Å². The molecule has 9 heteroatoms. The molecule has 1 aromatic carbocycles. The van der Waals surface area contributed by atoms with Crippen LogP contribution in [0.4, 0.5) is 5.69 Å². The number of aryl methyl sites for hydroxylation is 3. The first-order valence-electron chi connectivity index (χ1n) is 10.8. The predicted octanol–water partition coefficient (Wildman–Crippen LogP) is 1.79. The van der Waals surface area contributed by atoms with Crippen LogP contribution in [0.25, 0.3) is 0 Å². The number of benzene rings is 1. The fraction of sp³-hybridized carbons (Fsp3) is 0.545. The van der Waals surface area contributed by atoms with Gasteiger partial charge in [-0.05, 0) is 43.9 Å². The van der Waals surface area contributed by atoms with Crippen LogP contribution in [-0.2, 0) is 21.9 Å². The number of hydrogen-bond acceptors (Lipinski definition) is 5. The fourth-order valence-electron chi connectivity index (χ4n) is 4.48. The number of amides is 1. The standard InChI is InChI=1S/C22H31N5O3S/c1-17-4-5-18(2)20(14-17)25-10-12-26(13-11-25)22(28)19-6-8-27(9-7-19)31(29,30)21-15-24(3)16-23-21/h4-5,14-16,19H,6-13H2,1-3H3. The van der Waals surface area contributed by atoms with E-state index in [-0.39, 0.29) is 16.9 Å². The van der Waals surface area contributed by atoms with Crippen molar-refractivity contribution in [3.8, 4) is 0 Å². The van der Waals surface area contributed by atoms with E-state index in [0.29, 0.717) is 39.0 Å². The lowest BCUT2D eigenvalue weighted by molar-refractivity contribution is -0.137. The van der Waals surface area contributed by atoms with E-state index in [1.165, 1.54) is 33.6 Å². The predicted molar refractivity (Wildman–Crippen MR) is 119 cm³/mol. The summed E-state index contributed by atoms with van der Waals surface area (Å²) in [6, 6.07) is 6.48. The molecule has 168 valence electrons. The van der Waals surface area contributed by atoms with Gasteiger partial charge < -0.3 is 14.4 Å². The van der Waals surface area contributed by atoms with Crippen molar-refractivity contribution < 1.29 is 13.2 Å². The summed E-state index contributed by atoms with van der Waals surface area (Å²) in [5.41, 5.74) is 3.75. The lowest BCUT2D eigenvalue weighted by Gasteiger charge is -2.39. The van der Waals surface area contributed by atoms with Gasteiger partial charge in [0.1, 0.15) is 0 Å². The smallest absolute Gasteiger partial charge is 0.262 e. The van der Waals surface area contributed by atoms with Crippen molar-refractivity contribution in [1.82, 2.24) is 18.8 Å². The number of sulfonamides is 1. The molecule has 0 radical (unpaired) electrons. The number of imidazole rings is 1. The van der Waals surface area contributed by atoms with Crippen molar-refractivity contribution in [1.29, 1.82) is 0 Å². The van der Waals surface area contributed by atoms with Gasteiger partial charge in [-0.2, -0.15) is 4.31 Å². The number of piperazine rings is 1. The molecule has 3 heterocycles. The Bertz CT molecular complexity index is 1050. The van der Waals surface area contributed by atoms with Crippen molar-refractivity contribution in [3.63, 3.8) is 0 Å². The largest absolute Gasteiger partial charge is 0.368 e. The third kappa shape index (κ3) is 4.48. The van der Waals surface area contributed by atoms with Gasteiger partial charge in [0.25, 0.3) is 10.0 Å². The molecule has 0 atom stereocenters. The van der Waals surface area contributed by atoms with E-state index in [9.17, 15) is 13.2 Å². The lowest BCUT2D eigenvalue weighted by Crippen LogP contribution is -2.52. The topological polar surface area (TPSA) is 78.8 Å². The maximum Gasteiger partial charge on any atom is 0.262 e. The van der Waals surface area contributed by atoms with Crippen LogP contribution in [0.2, 0.25) is 0 Å². The molecule has 0 N–H and O–H groups in total. The van der Waals surface area contributed by atoms with Crippen molar-refractivity contribution in [2.75, 3.05) is 44.2 Å². The number of anilines is 1. The highest BCUT2D eigenvalue weighted by molar-refractivity contribution is 7.89. The van der Waals surface area contributed by atoms with E-state index < -0.39 is 10.0 Å². The van der Waals surface area contributed by atoms with E-state index in [0.717, 1.165) is 13.1 Å². The number of nitrogens with zero attached hydrogens (tertiary/aromatic N) is 5. The van der Waals surface area contributed by atoms with E-state index in [2.05, 4.69) is 41.9 Å². The van der Waals surface area contributed by atoms with Gasteiger partial charge in [-0.25, -0.2) is 13.4 Å². The average Bonchev–Trinajstić information content (AvgIpc) is 3.22. The highest BCUT2D eigenvalue weighted by atomic mass is 32.2. The average molecular weight is 446 g/mol. The summed E-state index contributed by atoms with van der Waals surface area (Å²) in [6.45, 7) is 8.00. The normalized spacial score (nSPS) is 19.1. The second-order valence-corrected chi connectivity index (χ2v) is 10.5. The molecule has 2 aliphatic rings. The first kappa shape index (κ1) is 21.8. The van der Waals surface area contributed by atoms with E-state index in [1.54, 1.807) is 11.6 Å². The van der Waals surface area contributed by atoms with E-state index >= 15 is 0 Å². The molecule has 4 rings (SSSR count). The summed E-state index contributed by atoms with van der Waals surface area (Å²) in [6.07, 6.45) is 4.12. The van der Waals surface area contributed by atoms with Gasteiger partial charge in [0.15, 0.2) is 5.03 Å². The Morgan fingerprint density at radius 1 is 1.03 bits per heavy atom. The third-order valence-electron chi connectivity index (χ3n) is 6.39. The molecule has 2 aliphatic heterocycles. The van der Waals surface area contributed by atoms with Gasteiger partial charge in [0, 0.05) is 64.1 Å². The Balaban J connectivity index is 1.32. The Morgan fingerprint density at radius 2 is 1.71 bits per heavy atom. The first-order chi connectivity index (χ1) is 14.8. The molecule has 2 fully saturated rings. The SMILES string of the molecule is Cc1ccc(C)c(N2CCN(C(=O)C3CCN(S(=O)(=O)c4cn(C)cn4)CC3)CC2)c1. The maximum absolute atomic E-state index is 13.1. The van der Waals surface area contributed by atoms with Crippen LogP contribution >= 0.6 is 0 Å². The second-order valence-electron chi connectivity index (χ2n) is 8.66. The number of rotatable bonds is 4. The Labute approximate surface area is 184 Å². The molecule has 8 nitrogen and oxygen atoms in total. The Morgan fingerprint density at radius 3 is 2.32 bits per heavy atom. The zero-order chi connectivity index (χ0) is 22.2. The molecule has 1 amide bonds. The molecule has 0 bridgehead atoms. The molecular formula is C22H31N5O3S. The third-order valence-corrected chi connectivity index (χ3v) is 8.17. The van der Waals surface area contributed by atoms with E-state index in [4.69, 9.17) is 0 Å². The highest BCUT2D eigenvalue weighted by Crippen LogP contribution is 2.26. The van der Waals surface area contributed by atoms with Gasteiger partial charge >= 0.3 is 0 Å². The number of carbonyl (C=O) groups excluding carboxylic acids is 1. The van der Waals surface area contributed by atoms with Crippen LogP contribution in [0, 0.1) is 19.8 Å². The number of hydrogen-bond donors (Lipinski definition) is 0. The zero-order valence-corrected chi connectivity index (χ0v) is 19.3. The number of piperidine rings is 1. The molecule has 31 heavy (non-hydrogen) atoms. The number of aromatic nitrogens is 2. The molecular weight excluding hydrogens is 414 g/mol. The van der Waals surface area contributed by atoms with Gasteiger partial charge in [-0.15, -0.1) is 0 Å². The summed E-state index contributed by atoms with van der Waals surface area (Å²) in [7, 11) is -1.84. The van der Waals surface area contributed by atoms with Gasteiger partial charge in [-0.3, -0.25) is 4.79 Å². The van der Waals surface area contributed by atoms with Crippen LogP contribution in [0.15, 0.2) is 35.7 Å². The minimum Gasteiger partial charge on any atom is -0.368 e. The fourth-order valence-corrected chi connectivity index (χ4v) is 5.92. The van der Waals surface area contributed by atoms with Crippen molar-refractivity contribution >= 4 is 21.6 Å². The van der Waals surface area contributed by atoms with Crippen molar-refractivity contribution in [2.24, 2.45) is 13.0 Å². The van der Waals surface area contributed by atoms with E-state index in [1.807, 2.05) is 4.90 Å². The Hall–Kier alpha value is -2.39. The van der Waals surface area contributed by atoms with Crippen LogP contribution in [0.5, 0.6) is 0 Å². The minimum absolute atomic E-state index is 0.0716. The molecule has 2 saturated heterocycles. The Kier molecular flexibility index (Phi) is 6.07. The number of carbonyl (C=O) groups is 1.